The van der Waals surface area contributed by atoms with Gasteiger partial charge in [-0.3, -0.25) is 4.79 Å². The number of unbranched alkanes of at least 4 members (excludes halogenated alkanes) is 4. The maximum absolute atomic E-state index is 11.8. The first-order valence-electron chi connectivity index (χ1n) is 11.0. The number of esters is 1. The van der Waals surface area contributed by atoms with Crippen molar-refractivity contribution in [1.82, 2.24) is 0 Å². The molecule has 29 heavy (non-hydrogen) atoms. The summed E-state index contributed by atoms with van der Waals surface area (Å²) < 4.78 is 5.69. The number of rotatable bonds is 9. The van der Waals surface area contributed by atoms with Crippen molar-refractivity contribution in [3.63, 3.8) is 0 Å². The molecule has 0 heterocycles. The number of carbonyl (C=O) groups is 1. The van der Waals surface area contributed by atoms with Gasteiger partial charge in [-0.05, 0) is 40.4 Å². The Morgan fingerprint density at radius 3 is 1.86 bits per heavy atom. The van der Waals surface area contributed by atoms with Crippen LogP contribution in [0.4, 0.5) is 0 Å². The van der Waals surface area contributed by atoms with Crippen LogP contribution in [-0.2, 0) is 26.8 Å². The largest absolute Gasteiger partial charge is 0.507 e. The summed E-state index contributed by atoms with van der Waals surface area (Å²) >= 11 is 4.83. The van der Waals surface area contributed by atoms with Gasteiger partial charge in [-0.2, -0.15) is 0 Å². The van der Waals surface area contributed by atoms with Crippen LogP contribution in [0.5, 0.6) is 5.75 Å². The van der Waals surface area contributed by atoms with E-state index in [1.54, 1.807) is 0 Å². The first-order chi connectivity index (χ1) is 13.2. The minimum absolute atomic E-state index is 0.194. The van der Waals surface area contributed by atoms with E-state index in [1.807, 2.05) is 0 Å². The monoisotopic (exact) mass is 422 g/mol. The number of hydrogen-bond acceptors (Lipinski definition) is 4. The van der Waals surface area contributed by atoms with Gasteiger partial charge in [0.15, 0.2) is 4.93 Å². The van der Waals surface area contributed by atoms with Crippen molar-refractivity contribution in [3.8, 4) is 5.75 Å². The minimum Gasteiger partial charge on any atom is -0.507 e. The summed E-state index contributed by atoms with van der Waals surface area (Å²) in [5, 5.41) is 10.9. The summed E-state index contributed by atoms with van der Waals surface area (Å²) in [6, 6.07) is 4.10. The summed E-state index contributed by atoms with van der Waals surface area (Å²) in [7, 11) is 0. The second kappa shape index (κ2) is 10.2. The second-order valence-electron chi connectivity index (χ2n) is 10.4. The Hall–Kier alpha value is -1.16. The molecule has 166 valence electrons. The summed E-state index contributed by atoms with van der Waals surface area (Å²) in [5.41, 5.74) is 2.49. The van der Waals surface area contributed by atoms with Gasteiger partial charge in [0, 0.05) is 13.3 Å². The molecule has 1 N–H and O–H groups in total. The van der Waals surface area contributed by atoms with Crippen LogP contribution in [-0.4, -0.2) is 16.0 Å². The molecule has 0 spiro atoms. The number of phenols is 1. The van der Waals surface area contributed by atoms with Gasteiger partial charge in [0.25, 0.3) is 0 Å². The molecule has 1 aromatic carbocycles. The van der Waals surface area contributed by atoms with E-state index in [4.69, 9.17) is 17.4 Å². The lowest BCUT2D eigenvalue weighted by Crippen LogP contribution is -2.31. The van der Waals surface area contributed by atoms with Gasteiger partial charge < -0.3 is 9.84 Å². The van der Waals surface area contributed by atoms with Crippen molar-refractivity contribution in [3.05, 3.63) is 28.8 Å². The number of carbonyl (C=O) groups excluding carboxylic acids is 1. The molecule has 0 saturated heterocycles. The van der Waals surface area contributed by atoms with E-state index < -0.39 is 4.93 Å². The van der Waals surface area contributed by atoms with Crippen LogP contribution in [0.15, 0.2) is 12.1 Å². The van der Waals surface area contributed by atoms with Crippen molar-refractivity contribution < 1.29 is 14.6 Å². The van der Waals surface area contributed by atoms with Crippen LogP contribution in [0.3, 0.4) is 0 Å². The highest BCUT2D eigenvalue weighted by atomic mass is 32.1. The van der Waals surface area contributed by atoms with Gasteiger partial charge in [-0.25, -0.2) is 0 Å². The van der Waals surface area contributed by atoms with Crippen LogP contribution < -0.4 is 0 Å². The number of aromatic hydroxyl groups is 1. The molecule has 0 fully saturated rings. The molecule has 0 amide bonds. The SMILES string of the molecule is CCCCCCCC(S)(Cc1cc(C(C)(C)C)c(O)c(C(C)(C)C)c1)OC(C)=O. The molecule has 0 saturated carbocycles. The van der Waals surface area contributed by atoms with E-state index in [1.165, 1.54) is 26.2 Å². The summed E-state index contributed by atoms with van der Waals surface area (Å²) in [5.74, 6) is 0.0602. The van der Waals surface area contributed by atoms with Crippen molar-refractivity contribution in [1.29, 1.82) is 0 Å². The fourth-order valence-corrected chi connectivity index (χ4v) is 4.18. The molecule has 1 rings (SSSR count). The summed E-state index contributed by atoms with van der Waals surface area (Å²) in [4.78, 5) is 10.9. The average molecular weight is 423 g/mol. The Kier molecular flexibility index (Phi) is 9.13. The van der Waals surface area contributed by atoms with E-state index in [0.717, 1.165) is 36.0 Å². The van der Waals surface area contributed by atoms with Gasteiger partial charge in [-0.1, -0.05) is 86.3 Å². The van der Waals surface area contributed by atoms with Gasteiger partial charge >= 0.3 is 5.97 Å². The first-order valence-corrected chi connectivity index (χ1v) is 11.4. The lowest BCUT2D eigenvalue weighted by Gasteiger charge is -2.32. The molecule has 0 bridgehead atoms. The van der Waals surface area contributed by atoms with E-state index >= 15 is 0 Å². The third-order valence-corrected chi connectivity index (χ3v) is 5.74. The van der Waals surface area contributed by atoms with Crippen LogP contribution in [0.2, 0.25) is 0 Å². The van der Waals surface area contributed by atoms with E-state index in [9.17, 15) is 9.90 Å². The second-order valence-corrected chi connectivity index (χ2v) is 11.2. The van der Waals surface area contributed by atoms with E-state index in [2.05, 4.69) is 60.6 Å². The number of ether oxygens (including phenoxy) is 1. The smallest absolute Gasteiger partial charge is 0.304 e. The normalized spacial score (nSPS) is 14.5. The van der Waals surface area contributed by atoms with Crippen molar-refractivity contribution >= 4 is 18.6 Å². The predicted molar refractivity (Wildman–Crippen MR) is 126 cm³/mol. The van der Waals surface area contributed by atoms with Gasteiger partial charge in [-0.15, -0.1) is 12.6 Å². The Morgan fingerprint density at radius 1 is 0.966 bits per heavy atom. The summed E-state index contributed by atoms with van der Waals surface area (Å²) in [6.45, 7) is 16.3. The molecule has 0 aliphatic carbocycles. The van der Waals surface area contributed by atoms with Gasteiger partial charge in [0.2, 0.25) is 0 Å². The molecule has 0 aromatic heterocycles. The molecule has 0 aliphatic rings. The Morgan fingerprint density at radius 2 is 1.45 bits per heavy atom. The van der Waals surface area contributed by atoms with Crippen molar-refractivity contribution in [2.75, 3.05) is 0 Å². The molecule has 3 nitrogen and oxygen atoms in total. The third kappa shape index (κ3) is 8.24. The predicted octanol–water partition coefficient (Wildman–Crippen LogP) is 7.08. The Bertz CT molecular complexity index is 647. The average Bonchev–Trinajstić information content (AvgIpc) is 2.53. The standard InChI is InChI=1S/C25H42O3S/c1-9-10-11-12-13-14-25(29,28-18(2)26)17-19-15-20(23(3,4)5)22(27)21(16-19)24(6,7)8/h15-16,27,29H,9-14,17H2,1-8H3. The maximum atomic E-state index is 11.8. The molecule has 4 heteroatoms. The van der Waals surface area contributed by atoms with Crippen LogP contribution in [0.25, 0.3) is 0 Å². The molecule has 1 atom stereocenters. The fraction of sp³-hybridized carbons (Fsp3) is 0.720. The zero-order chi connectivity index (χ0) is 22.5. The molecular formula is C25H42O3S. The number of phenolic OH excluding ortho intramolecular Hbond substituents is 1. The molecule has 0 radical (unpaired) electrons. The highest BCUT2D eigenvalue weighted by Gasteiger charge is 2.32. The van der Waals surface area contributed by atoms with Gasteiger partial charge in [0.1, 0.15) is 5.75 Å². The van der Waals surface area contributed by atoms with Crippen molar-refractivity contribution in [2.45, 2.75) is 116 Å². The lowest BCUT2D eigenvalue weighted by molar-refractivity contribution is -0.149. The summed E-state index contributed by atoms with van der Waals surface area (Å²) in [6.07, 6.45) is 6.97. The lowest BCUT2D eigenvalue weighted by atomic mass is 9.78. The van der Waals surface area contributed by atoms with Crippen LogP contribution >= 0.6 is 12.6 Å². The first kappa shape index (κ1) is 25.9. The topological polar surface area (TPSA) is 46.5 Å². The molecule has 0 aliphatic heterocycles. The quantitative estimate of drug-likeness (QED) is 0.193. The van der Waals surface area contributed by atoms with E-state index in [0.29, 0.717) is 12.2 Å². The number of benzene rings is 1. The Balaban J connectivity index is 3.25. The highest BCUT2D eigenvalue weighted by molar-refractivity contribution is 7.81. The highest BCUT2D eigenvalue weighted by Crippen LogP contribution is 2.41. The van der Waals surface area contributed by atoms with Gasteiger partial charge in [0.05, 0.1) is 0 Å². The van der Waals surface area contributed by atoms with Crippen LogP contribution in [0, 0.1) is 0 Å². The molecule has 1 aromatic rings. The maximum Gasteiger partial charge on any atom is 0.304 e. The zero-order valence-corrected chi connectivity index (χ0v) is 20.7. The fourth-order valence-electron chi connectivity index (χ4n) is 3.71. The Labute approximate surface area is 184 Å². The zero-order valence-electron chi connectivity index (χ0n) is 19.8. The number of thiol groups is 1. The molecular weight excluding hydrogens is 380 g/mol. The number of hydrogen-bond donors (Lipinski definition) is 2. The third-order valence-electron chi connectivity index (χ3n) is 5.27. The minimum atomic E-state index is -0.834. The van der Waals surface area contributed by atoms with E-state index in [-0.39, 0.29) is 16.8 Å². The molecule has 1 unspecified atom stereocenters. The van der Waals surface area contributed by atoms with Crippen molar-refractivity contribution in [2.24, 2.45) is 0 Å². The van der Waals surface area contributed by atoms with Crippen LogP contribution in [0.1, 0.15) is 111 Å².